The summed E-state index contributed by atoms with van der Waals surface area (Å²) in [6.07, 6.45) is 7.23. The van der Waals surface area contributed by atoms with Crippen LogP contribution in [0.1, 0.15) is 31.2 Å². The summed E-state index contributed by atoms with van der Waals surface area (Å²) in [5.41, 5.74) is 3.85. The maximum Gasteiger partial charge on any atom is 0.170 e. The Morgan fingerprint density at radius 2 is 1.94 bits per heavy atom. The maximum atomic E-state index is 14.1. The van der Waals surface area contributed by atoms with Crippen LogP contribution in [0.5, 0.6) is 5.75 Å². The number of anilines is 1. The van der Waals surface area contributed by atoms with Crippen molar-refractivity contribution in [3.8, 4) is 16.9 Å². The van der Waals surface area contributed by atoms with Gasteiger partial charge in [-0.3, -0.25) is 4.98 Å². The zero-order valence-corrected chi connectivity index (χ0v) is 19.0. The number of benzene rings is 2. The Kier molecular flexibility index (Phi) is 6.63. The van der Waals surface area contributed by atoms with Gasteiger partial charge < -0.3 is 20.1 Å². The van der Waals surface area contributed by atoms with E-state index in [4.69, 9.17) is 11.6 Å². The van der Waals surface area contributed by atoms with E-state index in [0.717, 1.165) is 59.7 Å². The monoisotopic (exact) mass is 455 g/mol. The molecule has 1 aliphatic rings. The number of nitrogens with zero attached hydrogens (tertiary/aromatic N) is 2. The summed E-state index contributed by atoms with van der Waals surface area (Å²) in [5, 5.41) is 14.2. The average Bonchev–Trinajstić information content (AvgIpc) is 2.78. The summed E-state index contributed by atoms with van der Waals surface area (Å²) in [5.74, 6) is -1.32. The first kappa shape index (κ1) is 22.5. The summed E-state index contributed by atoms with van der Waals surface area (Å²) in [6, 6.07) is 9.38. The highest BCUT2D eigenvalue weighted by atomic mass is 35.5. The molecule has 0 saturated heterocycles. The minimum atomic E-state index is -0.767. The van der Waals surface area contributed by atoms with Crippen molar-refractivity contribution < 1.29 is 14.3 Å². The number of aromatic nitrogens is 1. The number of carbonyl (C=O) groups excluding carboxylic acids is 1. The van der Waals surface area contributed by atoms with Gasteiger partial charge in [0.1, 0.15) is 6.29 Å². The van der Waals surface area contributed by atoms with E-state index in [1.165, 1.54) is 6.07 Å². The number of carbonyl (C=O) groups is 1. The number of nitrogens with one attached hydrogen (secondary N) is 1. The number of aromatic hydroxyl groups is 1. The van der Waals surface area contributed by atoms with Crippen molar-refractivity contribution in [3.05, 3.63) is 52.9 Å². The molecule has 32 heavy (non-hydrogen) atoms. The molecule has 3 aromatic rings. The molecule has 0 radical (unpaired) electrons. The normalized spacial score (nSPS) is 18.8. The standard InChI is InChI=1S/C25H27ClFN3O2/c1-30(2)19-6-4-18(5-7-19)29-24-16(9-10-31)14-28-23-8-3-15(11-20(23)24)17-12-21(26)25(32)22(27)13-17/h3,8,10-14,18-19,32H,4-7,9H2,1-2H3,(H,28,29). The first-order valence-corrected chi connectivity index (χ1v) is 11.2. The van der Waals surface area contributed by atoms with Crippen LogP contribution in [0.25, 0.3) is 22.0 Å². The van der Waals surface area contributed by atoms with E-state index in [9.17, 15) is 14.3 Å². The zero-order chi connectivity index (χ0) is 22.8. The lowest BCUT2D eigenvalue weighted by molar-refractivity contribution is -0.107. The van der Waals surface area contributed by atoms with Crippen molar-refractivity contribution >= 4 is 34.5 Å². The van der Waals surface area contributed by atoms with Crippen LogP contribution in [0, 0.1) is 5.82 Å². The smallest absolute Gasteiger partial charge is 0.170 e. The Balaban J connectivity index is 1.73. The molecule has 2 aromatic carbocycles. The lowest BCUT2D eigenvalue weighted by Gasteiger charge is -2.34. The Morgan fingerprint density at radius 1 is 1.19 bits per heavy atom. The molecule has 0 bridgehead atoms. The number of hydrogen-bond donors (Lipinski definition) is 2. The summed E-state index contributed by atoms with van der Waals surface area (Å²) >= 11 is 5.99. The van der Waals surface area contributed by atoms with E-state index in [1.54, 1.807) is 12.3 Å². The number of phenolic OH excluding ortho intramolecular Hbond substituents is 1. The molecule has 1 aliphatic carbocycles. The second kappa shape index (κ2) is 9.43. The fourth-order valence-corrected chi connectivity index (χ4v) is 4.71. The number of hydrogen-bond acceptors (Lipinski definition) is 5. The van der Waals surface area contributed by atoms with Crippen LogP contribution in [0.2, 0.25) is 5.02 Å². The topological polar surface area (TPSA) is 65.5 Å². The largest absolute Gasteiger partial charge is 0.504 e. The Morgan fingerprint density at radius 3 is 2.59 bits per heavy atom. The second-order valence-electron chi connectivity index (χ2n) is 8.66. The Hall–Kier alpha value is -2.70. The molecule has 0 atom stereocenters. The molecule has 1 saturated carbocycles. The SMILES string of the molecule is CN(C)C1CCC(Nc2c(CC=O)cnc3ccc(-c4cc(F)c(O)c(Cl)c4)cc23)CC1. The highest BCUT2D eigenvalue weighted by Gasteiger charge is 2.23. The van der Waals surface area contributed by atoms with Crippen LogP contribution in [-0.4, -0.2) is 47.5 Å². The molecule has 7 heteroatoms. The van der Waals surface area contributed by atoms with Gasteiger partial charge in [-0.05, 0) is 75.2 Å². The third kappa shape index (κ3) is 4.57. The molecular weight excluding hydrogens is 429 g/mol. The van der Waals surface area contributed by atoms with Crippen LogP contribution in [0.4, 0.5) is 10.1 Å². The van der Waals surface area contributed by atoms with Crippen LogP contribution in [-0.2, 0) is 11.2 Å². The van der Waals surface area contributed by atoms with Gasteiger partial charge in [0.05, 0.1) is 10.5 Å². The van der Waals surface area contributed by atoms with Crippen molar-refractivity contribution in [3.63, 3.8) is 0 Å². The van der Waals surface area contributed by atoms with Gasteiger partial charge in [-0.15, -0.1) is 0 Å². The van der Waals surface area contributed by atoms with Crippen LogP contribution >= 0.6 is 11.6 Å². The van der Waals surface area contributed by atoms with E-state index >= 15 is 0 Å². The first-order valence-electron chi connectivity index (χ1n) is 10.8. The first-order chi connectivity index (χ1) is 15.4. The van der Waals surface area contributed by atoms with Gasteiger partial charge in [-0.25, -0.2) is 4.39 Å². The predicted octanol–water partition coefficient (Wildman–Crippen LogP) is 5.43. The minimum Gasteiger partial charge on any atom is -0.504 e. The van der Waals surface area contributed by atoms with E-state index < -0.39 is 11.6 Å². The van der Waals surface area contributed by atoms with Crippen LogP contribution in [0.3, 0.4) is 0 Å². The van der Waals surface area contributed by atoms with Gasteiger partial charge in [-0.2, -0.15) is 0 Å². The molecule has 2 N–H and O–H groups in total. The number of fused-ring (bicyclic) bond motifs is 1. The number of rotatable bonds is 6. The van der Waals surface area contributed by atoms with Gasteiger partial charge in [0.15, 0.2) is 11.6 Å². The van der Waals surface area contributed by atoms with E-state index in [1.807, 2.05) is 18.2 Å². The lowest BCUT2D eigenvalue weighted by atomic mass is 9.90. The molecular formula is C25H27ClFN3O2. The van der Waals surface area contributed by atoms with Gasteiger partial charge in [-0.1, -0.05) is 17.7 Å². The fourth-order valence-electron chi connectivity index (χ4n) is 4.50. The molecule has 168 valence electrons. The molecule has 0 amide bonds. The zero-order valence-electron chi connectivity index (χ0n) is 18.2. The molecule has 1 heterocycles. The van der Waals surface area contributed by atoms with Crippen molar-refractivity contribution in [2.75, 3.05) is 19.4 Å². The molecule has 1 aromatic heterocycles. The number of pyridine rings is 1. The van der Waals surface area contributed by atoms with Crippen molar-refractivity contribution in [1.82, 2.24) is 9.88 Å². The van der Waals surface area contributed by atoms with Gasteiger partial charge in [0, 0.05) is 41.3 Å². The highest BCUT2D eigenvalue weighted by Crippen LogP contribution is 2.36. The quantitative estimate of drug-likeness (QED) is 0.485. The van der Waals surface area contributed by atoms with Crippen molar-refractivity contribution in [2.45, 2.75) is 44.2 Å². The van der Waals surface area contributed by atoms with Crippen molar-refractivity contribution in [1.29, 1.82) is 0 Å². The maximum absolute atomic E-state index is 14.1. The average molecular weight is 456 g/mol. The van der Waals surface area contributed by atoms with E-state index in [0.29, 0.717) is 17.6 Å². The predicted molar refractivity (Wildman–Crippen MR) is 127 cm³/mol. The Labute approximate surface area is 192 Å². The van der Waals surface area contributed by atoms with Gasteiger partial charge in [0.25, 0.3) is 0 Å². The second-order valence-corrected chi connectivity index (χ2v) is 9.07. The van der Waals surface area contributed by atoms with E-state index in [-0.39, 0.29) is 11.4 Å². The fraction of sp³-hybridized carbons (Fsp3) is 0.360. The lowest BCUT2D eigenvalue weighted by Crippen LogP contribution is -2.36. The van der Waals surface area contributed by atoms with Crippen molar-refractivity contribution in [2.24, 2.45) is 0 Å². The Bertz CT molecular complexity index is 1120. The van der Waals surface area contributed by atoms with Crippen LogP contribution < -0.4 is 5.32 Å². The summed E-state index contributed by atoms with van der Waals surface area (Å²) in [7, 11) is 4.24. The third-order valence-electron chi connectivity index (χ3n) is 6.38. The van der Waals surface area contributed by atoms with E-state index in [2.05, 4.69) is 29.3 Å². The number of aldehydes is 1. The molecule has 5 nitrogen and oxygen atoms in total. The molecule has 0 aliphatic heterocycles. The highest BCUT2D eigenvalue weighted by molar-refractivity contribution is 6.32. The summed E-state index contributed by atoms with van der Waals surface area (Å²) < 4.78 is 14.1. The van der Waals surface area contributed by atoms with Crippen LogP contribution in [0.15, 0.2) is 36.5 Å². The molecule has 1 fully saturated rings. The third-order valence-corrected chi connectivity index (χ3v) is 6.66. The molecule has 0 unspecified atom stereocenters. The number of phenols is 1. The minimum absolute atomic E-state index is 0.0380. The summed E-state index contributed by atoms with van der Waals surface area (Å²) in [6.45, 7) is 0. The molecule has 4 rings (SSSR count). The molecule has 0 spiro atoms. The van der Waals surface area contributed by atoms with Gasteiger partial charge in [0.2, 0.25) is 0 Å². The van der Waals surface area contributed by atoms with Gasteiger partial charge >= 0.3 is 0 Å². The number of halogens is 2. The summed E-state index contributed by atoms with van der Waals surface area (Å²) in [4.78, 5) is 18.1.